The maximum atomic E-state index is 4.35. The van der Waals surface area contributed by atoms with Gasteiger partial charge in [0.1, 0.15) is 0 Å². The van der Waals surface area contributed by atoms with E-state index in [1.54, 1.807) is 0 Å². The minimum atomic E-state index is 0.787. The topological polar surface area (TPSA) is 34.8 Å². The van der Waals surface area contributed by atoms with Crippen molar-refractivity contribution in [2.75, 3.05) is 5.32 Å². The molecule has 0 aliphatic carbocycles. The molecule has 3 aromatic rings. The summed E-state index contributed by atoms with van der Waals surface area (Å²) < 4.78 is 4.16. The van der Waals surface area contributed by atoms with Crippen LogP contribution in [0.2, 0.25) is 0 Å². The smallest absolute Gasteiger partial charge is 0.0575 e. The van der Waals surface area contributed by atoms with Gasteiger partial charge in [-0.2, -0.15) is 5.10 Å². The number of aromatic nitrogens is 3. The van der Waals surface area contributed by atoms with E-state index in [4.69, 9.17) is 0 Å². The lowest BCUT2D eigenvalue weighted by atomic mass is 10.2. The SMILES string of the molecule is CCCn1nccc1CNc1cccc(-n2cccc2)c1. The van der Waals surface area contributed by atoms with Crippen LogP contribution in [0.1, 0.15) is 19.0 Å². The Hall–Kier alpha value is -2.49. The molecule has 0 radical (unpaired) electrons. The van der Waals surface area contributed by atoms with Crippen LogP contribution in [0.25, 0.3) is 5.69 Å². The van der Waals surface area contributed by atoms with Gasteiger partial charge >= 0.3 is 0 Å². The fraction of sp³-hybridized carbons (Fsp3) is 0.235. The van der Waals surface area contributed by atoms with Crippen LogP contribution in [0.5, 0.6) is 0 Å². The molecule has 0 amide bonds. The van der Waals surface area contributed by atoms with Crippen molar-refractivity contribution in [1.29, 1.82) is 0 Å². The van der Waals surface area contributed by atoms with Gasteiger partial charge in [-0.05, 0) is 42.8 Å². The number of benzene rings is 1. The molecule has 1 aromatic carbocycles. The Kier molecular flexibility index (Phi) is 4.05. The molecular weight excluding hydrogens is 260 g/mol. The van der Waals surface area contributed by atoms with Crippen molar-refractivity contribution in [3.05, 3.63) is 66.7 Å². The Bertz CT molecular complexity index is 682. The highest BCUT2D eigenvalue weighted by atomic mass is 15.3. The molecule has 3 rings (SSSR count). The van der Waals surface area contributed by atoms with Gasteiger partial charge in [0.2, 0.25) is 0 Å². The highest BCUT2D eigenvalue weighted by molar-refractivity contribution is 5.51. The summed E-state index contributed by atoms with van der Waals surface area (Å²) in [5.41, 5.74) is 3.49. The van der Waals surface area contributed by atoms with Gasteiger partial charge in [-0.15, -0.1) is 0 Å². The first-order chi connectivity index (χ1) is 10.4. The second kappa shape index (κ2) is 6.31. The van der Waals surface area contributed by atoms with Gasteiger partial charge in [-0.25, -0.2) is 0 Å². The van der Waals surface area contributed by atoms with E-state index in [9.17, 15) is 0 Å². The van der Waals surface area contributed by atoms with Crippen LogP contribution < -0.4 is 5.32 Å². The number of rotatable bonds is 6. The second-order valence-corrected chi connectivity index (χ2v) is 5.04. The third-order valence-electron chi connectivity index (χ3n) is 3.46. The molecule has 0 bridgehead atoms. The maximum absolute atomic E-state index is 4.35. The summed E-state index contributed by atoms with van der Waals surface area (Å²) in [7, 11) is 0. The van der Waals surface area contributed by atoms with Crippen LogP contribution >= 0.6 is 0 Å². The molecule has 4 heteroatoms. The van der Waals surface area contributed by atoms with Crippen molar-refractivity contribution >= 4 is 5.69 Å². The summed E-state index contributed by atoms with van der Waals surface area (Å²) in [6.45, 7) is 3.92. The van der Waals surface area contributed by atoms with E-state index in [-0.39, 0.29) is 0 Å². The molecule has 0 spiro atoms. The number of hydrogen-bond donors (Lipinski definition) is 1. The second-order valence-electron chi connectivity index (χ2n) is 5.04. The molecule has 21 heavy (non-hydrogen) atoms. The van der Waals surface area contributed by atoms with Crippen LogP contribution in [0.15, 0.2) is 61.1 Å². The molecule has 0 fully saturated rings. The van der Waals surface area contributed by atoms with Gasteiger partial charge in [0.25, 0.3) is 0 Å². The van der Waals surface area contributed by atoms with E-state index in [0.717, 1.165) is 30.9 Å². The van der Waals surface area contributed by atoms with E-state index >= 15 is 0 Å². The predicted octanol–water partition coefficient (Wildman–Crippen LogP) is 3.70. The van der Waals surface area contributed by atoms with Crippen molar-refractivity contribution in [3.8, 4) is 5.69 Å². The highest BCUT2D eigenvalue weighted by Crippen LogP contribution is 2.16. The molecule has 0 saturated heterocycles. The molecule has 0 aliphatic heterocycles. The lowest BCUT2D eigenvalue weighted by Crippen LogP contribution is -2.09. The number of anilines is 1. The summed E-state index contributed by atoms with van der Waals surface area (Å²) in [4.78, 5) is 0. The van der Waals surface area contributed by atoms with E-state index in [1.807, 2.05) is 18.3 Å². The molecule has 108 valence electrons. The molecule has 2 aromatic heterocycles. The Labute approximate surface area is 125 Å². The lowest BCUT2D eigenvalue weighted by Gasteiger charge is -2.10. The minimum Gasteiger partial charge on any atom is -0.379 e. The fourth-order valence-electron chi connectivity index (χ4n) is 2.40. The van der Waals surface area contributed by atoms with Gasteiger partial charge in [0, 0.05) is 36.5 Å². The maximum Gasteiger partial charge on any atom is 0.0575 e. The van der Waals surface area contributed by atoms with Gasteiger partial charge in [-0.3, -0.25) is 4.68 Å². The van der Waals surface area contributed by atoms with E-state index in [1.165, 1.54) is 5.69 Å². The lowest BCUT2D eigenvalue weighted by molar-refractivity contribution is 0.578. The Morgan fingerprint density at radius 3 is 2.76 bits per heavy atom. The van der Waals surface area contributed by atoms with Gasteiger partial charge in [0.15, 0.2) is 0 Å². The summed E-state index contributed by atoms with van der Waals surface area (Å²) in [6, 6.07) is 14.5. The normalized spacial score (nSPS) is 10.7. The van der Waals surface area contributed by atoms with Gasteiger partial charge in [0.05, 0.1) is 12.2 Å². The zero-order chi connectivity index (χ0) is 14.5. The van der Waals surface area contributed by atoms with E-state index in [0.29, 0.717) is 0 Å². The first-order valence-electron chi connectivity index (χ1n) is 7.35. The molecule has 0 atom stereocenters. The molecule has 4 nitrogen and oxygen atoms in total. The third-order valence-corrected chi connectivity index (χ3v) is 3.46. The molecule has 1 N–H and O–H groups in total. The first-order valence-corrected chi connectivity index (χ1v) is 7.35. The molecular formula is C17H20N4. The quantitative estimate of drug-likeness (QED) is 0.747. The number of nitrogens with zero attached hydrogens (tertiary/aromatic N) is 3. The zero-order valence-electron chi connectivity index (χ0n) is 12.2. The fourth-order valence-corrected chi connectivity index (χ4v) is 2.40. The summed E-state index contributed by atoms with van der Waals surface area (Å²) >= 11 is 0. The Morgan fingerprint density at radius 1 is 1.10 bits per heavy atom. The summed E-state index contributed by atoms with van der Waals surface area (Å²) in [5.74, 6) is 0. The minimum absolute atomic E-state index is 0.787. The Balaban J connectivity index is 1.71. The average molecular weight is 280 g/mol. The van der Waals surface area contributed by atoms with Crippen molar-refractivity contribution < 1.29 is 0 Å². The molecule has 0 aliphatic rings. The Morgan fingerprint density at radius 2 is 1.95 bits per heavy atom. The largest absolute Gasteiger partial charge is 0.379 e. The van der Waals surface area contributed by atoms with Crippen molar-refractivity contribution in [1.82, 2.24) is 14.3 Å². The number of aryl methyl sites for hydroxylation is 1. The molecule has 0 saturated carbocycles. The van der Waals surface area contributed by atoms with Crippen molar-refractivity contribution in [3.63, 3.8) is 0 Å². The summed E-state index contributed by atoms with van der Waals surface area (Å²) in [6.07, 6.45) is 7.06. The average Bonchev–Trinajstić information content (AvgIpc) is 3.18. The standard InChI is InChI=1S/C17H20N4/c1-2-10-21-17(8-9-19-21)14-18-15-6-5-7-16(13-15)20-11-3-4-12-20/h3-9,11-13,18H,2,10,14H2,1H3. The highest BCUT2D eigenvalue weighted by Gasteiger charge is 2.02. The molecule has 2 heterocycles. The van der Waals surface area contributed by atoms with E-state index in [2.05, 4.69) is 69.3 Å². The number of nitrogens with one attached hydrogen (secondary N) is 1. The predicted molar refractivity (Wildman–Crippen MR) is 85.6 cm³/mol. The monoisotopic (exact) mass is 280 g/mol. The van der Waals surface area contributed by atoms with Crippen molar-refractivity contribution in [2.45, 2.75) is 26.4 Å². The van der Waals surface area contributed by atoms with Gasteiger partial charge in [-0.1, -0.05) is 13.0 Å². The van der Waals surface area contributed by atoms with E-state index < -0.39 is 0 Å². The molecule has 0 unspecified atom stereocenters. The van der Waals surface area contributed by atoms with Crippen LogP contribution in [0.3, 0.4) is 0 Å². The van der Waals surface area contributed by atoms with Crippen LogP contribution in [-0.2, 0) is 13.1 Å². The zero-order valence-corrected chi connectivity index (χ0v) is 12.2. The summed E-state index contributed by atoms with van der Waals surface area (Å²) in [5, 5.41) is 7.82. The van der Waals surface area contributed by atoms with Crippen LogP contribution in [0, 0.1) is 0 Å². The van der Waals surface area contributed by atoms with Crippen molar-refractivity contribution in [2.24, 2.45) is 0 Å². The third kappa shape index (κ3) is 3.16. The number of hydrogen-bond acceptors (Lipinski definition) is 2. The van der Waals surface area contributed by atoms with Crippen LogP contribution in [-0.4, -0.2) is 14.3 Å². The van der Waals surface area contributed by atoms with Crippen LogP contribution in [0.4, 0.5) is 5.69 Å². The first kappa shape index (κ1) is 13.5. The van der Waals surface area contributed by atoms with Gasteiger partial charge < -0.3 is 9.88 Å².